The van der Waals surface area contributed by atoms with E-state index < -0.39 is 17.2 Å². The number of hydrogen-bond acceptors (Lipinski definition) is 5. The molecule has 1 atom stereocenters. The second-order valence-corrected chi connectivity index (χ2v) is 9.39. The van der Waals surface area contributed by atoms with E-state index in [-0.39, 0.29) is 5.56 Å². The highest BCUT2D eigenvalue weighted by Gasteiger charge is 2.28. The number of hydrogen-bond donors (Lipinski definition) is 3. The molecule has 11 heteroatoms. The van der Waals surface area contributed by atoms with E-state index in [0.29, 0.717) is 36.7 Å². The topological polar surface area (TPSA) is 119 Å². The fraction of sp³-hybridized carbons (Fsp3) is 0.250. The summed E-state index contributed by atoms with van der Waals surface area (Å²) in [6.07, 6.45) is 12.4. The Balaban J connectivity index is 1.31. The third-order valence-corrected chi connectivity index (χ3v) is 6.89. The zero-order chi connectivity index (χ0) is 27.6. The number of aromatic nitrogens is 5. The minimum Gasteiger partial charge on any atom is -0.381 e. The molecule has 0 aliphatic carbocycles. The van der Waals surface area contributed by atoms with Gasteiger partial charge in [-0.15, -0.1) is 0 Å². The Morgan fingerprint density at radius 2 is 1.95 bits per heavy atom. The smallest absolute Gasteiger partial charge is 0.159 e. The van der Waals surface area contributed by atoms with Crippen molar-refractivity contribution in [3.05, 3.63) is 95.6 Å². The van der Waals surface area contributed by atoms with Gasteiger partial charge in [0, 0.05) is 61.1 Å². The molecule has 0 spiro atoms. The lowest BCUT2D eigenvalue weighted by Gasteiger charge is -2.28. The molecule has 1 aliphatic rings. The quantitative estimate of drug-likeness (QED) is 0.242. The third kappa shape index (κ3) is 5.26. The molecule has 0 fully saturated rings. The zero-order valence-corrected chi connectivity index (χ0v) is 21.6. The van der Waals surface area contributed by atoms with Crippen LogP contribution >= 0.6 is 0 Å². The molecule has 0 amide bonds. The van der Waals surface area contributed by atoms with Gasteiger partial charge in [0.05, 0.1) is 11.9 Å². The van der Waals surface area contributed by atoms with Crippen LogP contribution in [0, 0.1) is 17.0 Å². The lowest BCUT2D eigenvalue weighted by atomic mass is 9.90. The average molecular weight is 531 g/mol. The largest absolute Gasteiger partial charge is 0.381 e. The van der Waals surface area contributed by atoms with E-state index in [9.17, 15) is 13.9 Å². The number of benzene rings is 1. The highest BCUT2D eigenvalue weighted by atomic mass is 19.2. The van der Waals surface area contributed by atoms with E-state index in [1.165, 1.54) is 25.4 Å². The molecule has 200 valence electrons. The van der Waals surface area contributed by atoms with E-state index in [4.69, 9.17) is 5.41 Å². The van der Waals surface area contributed by atoms with Crippen LogP contribution in [0.15, 0.2) is 66.3 Å². The molecule has 5 rings (SSSR count). The molecule has 3 aromatic heterocycles. The van der Waals surface area contributed by atoms with E-state index in [2.05, 4.69) is 29.9 Å². The van der Waals surface area contributed by atoms with Crippen LogP contribution in [0.5, 0.6) is 0 Å². The summed E-state index contributed by atoms with van der Waals surface area (Å²) in [6, 6.07) is 5.29. The van der Waals surface area contributed by atoms with Gasteiger partial charge in [0.25, 0.3) is 0 Å². The summed E-state index contributed by atoms with van der Waals surface area (Å²) in [5, 5.41) is 22.9. The molecule has 1 aliphatic heterocycles. The number of H-pyrrole nitrogens is 1. The van der Waals surface area contributed by atoms with Crippen molar-refractivity contribution in [3.8, 4) is 11.1 Å². The number of nitrogens with zero attached hydrogens (tertiary/aromatic N) is 6. The molecule has 0 saturated carbocycles. The number of amidine groups is 1. The summed E-state index contributed by atoms with van der Waals surface area (Å²) in [7, 11) is 0. The maximum Gasteiger partial charge on any atom is 0.159 e. The van der Waals surface area contributed by atoms with Gasteiger partial charge in [-0.3, -0.25) is 10.1 Å². The number of rotatable bonds is 7. The maximum atomic E-state index is 13.7. The standard InChI is InChI=1S/C28H28F2N8O/c1-3-38-16-20(13-36-38)19-10-25(32-12-19)27(35-17-31)37-8-6-18(7-9-37)26-33-14-22(15-34-26)28(2,39)21-4-5-23(29)24(30)11-21/h4-6,10-17,31-32,39H,3,7-9H2,1-2H3. The molecule has 1 unspecified atom stereocenters. The summed E-state index contributed by atoms with van der Waals surface area (Å²) in [4.78, 5) is 18.5. The van der Waals surface area contributed by atoms with Gasteiger partial charge in [0.2, 0.25) is 0 Å². The fourth-order valence-electron chi connectivity index (χ4n) is 4.53. The first-order valence-corrected chi connectivity index (χ1v) is 12.5. The number of aromatic amines is 1. The van der Waals surface area contributed by atoms with E-state index in [1.807, 2.05) is 42.3 Å². The Labute approximate surface area is 224 Å². The van der Waals surface area contributed by atoms with Crippen LogP contribution in [0.25, 0.3) is 16.7 Å². The van der Waals surface area contributed by atoms with Crippen LogP contribution in [0.1, 0.15) is 42.9 Å². The predicted octanol–water partition coefficient (Wildman–Crippen LogP) is 4.37. The summed E-state index contributed by atoms with van der Waals surface area (Å²) in [5.74, 6) is -0.821. The Kier molecular flexibility index (Phi) is 7.16. The van der Waals surface area contributed by atoms with E-state index in [1.54, 1.807) is 0 Å². The Morgan fingerprint density at radius 1 is 1.15 bits per heavy atom. The molecule has 39 heavy (non-hydrogen) atoms. The van der Waals surface area contributed by atoms with Gasteiger partial charge >= 0.3 is 0 Å². The van der Waals surface area contributed by atoms with Crippen molar-refractivity contribution in [3.63, 3.8) is 0 Å². The SMILES string of the molecule is CCn1cc(-c2c[nH]c(C(=NC=N)N3CC=C(c4ncc(C(C)(O)c5ccc(F)c(F)c5)cn4)CC3)c2)cn1. The van der Waals surface area contributed by atoms with Crippen molar-refractivity contribution in [1.29, 1.82) is 5.41 Å². The Bertz CT molecular complexity index is 1550. The lowest BCUT2D eigenvalue weighted by molar-refractivity contribution is 0.101. The Morgan fingerprint density at radius 3 is 2.59 bits per heavy atom. The van der Waals surface area contributed by atoms with Crippen molar-refractivity contribution in [1.82, 2.24) is 29.6 Å². The van der Waals surface area contributed by atoms with Gasteiger partial charge in [0.15, 0.2) is 23.3 Å². The van der Waals surface area contributed by atoms with Gasteiger partial charge in [-0.25, -0.2) is 23.7 Å². The number of halogens is 2. The van der Waals surface area contributed by atoms with Crippen molar-refractivity contribution in [2.75, 3.05) is 13.1 Å². The lowest BCUT2D eigenvalue weighted by Crippen LogP contribution is -2.35. The normalized spacial score (nSPS) is 15.7. The number of aryl methyl sites for hydroxylation is 1. The predicted molar refractivity (Wildman–Crippen MR) is 144 cm³/mol. The van der Waals surface area contributed by atoms with Crippen LogP contribution in [-0.4, -0.2) is 60.0 Å². The molecule has 0 bridgehead atoms. The van der Waals surface area contributed by atoms with Crippen molar-refractivity contribution in [2.24, 2.45) is 4.99 Å². The average Bonchev–Trinajstić information content (AvgIpc) is 3.63. The van der Waals surface area contributed by atoms with Crippen LogP contribution < -0.4 is 0 Å². The first-order chi connectivity index (χ1) is 18.8. The first-order valence-electron chi connectivity index (χ1n) is 12.5. The van der Waals surface area contributed by atoms with Gasteiger partial charge in [-0.1, -0.05) is 12.1 Å². The highest BCUT2D eigenvalue weighted by Crippen LogP contribution is 2.30. The Hall–Kier alpha value is -4.51. The van der Waals surface area contributed by atoms with Crippen LogP contribution in [0.2, 0.25) is 0 Å². The van der Waals surface area contributed by atoms with E-state index >= 15 is 0 Å². The minimum atomic E-state index is -1.59. The van der Waals surface area contributed by atoms with Crippen LogP contribution in [-0.2, 0) is 12.1 Å². The minimum absolute atomic E-state index is 0.204. The molecule has 4 aromatic rings. The maximum absolute atomic E-state index is 13.7. The molecule has 0 radical (unpaired) electrons. The first kappa shape index (κ1) is 26.1. The highest BCUT2D eigenvalue weighted by molar-refractivity contribution is 6.02. The second-order valence-electron chi connectivity index (χ2n) is 9.39. The molecular weight excluding hydrogens is 502 g/mol. The number of aliphatic imine (C=N–C) groups is 1. The summed E-state index contributed by atoms with van der Waals surface area (Å²) in [6.45, 7) is 5.49. The molecule has 1 aromatic carbocycles. The zero-order valence-electron chi connectivity index (χ0n) is 21.6. The number of aliphatic hydroxyl groups is 1. The second kappa shape index (κ2) is 10.7. The van der Waals surface area contributed by atoms with Crippen LogP contribution in [0.3, 0.4) is 0 Å². The monoisotopic (exact) mass is 530 g/mol. The fourth-order valence-corrected chi connectivity index (χ4v) is 4.53. The molecule has 0 saturated heterocycles. The third-order valence-electron chi connectivity index (χ3n) is 6.89. The van der Waals surface area contributed by atoms with Gasteiger partial charge in [0.1, 0.15) is 11.9 Å². The summed E-state index contributed by atoms with van der Waals surface area (Å²) >= 11 is 0. The molecule has 3 N–H and O–H groups in total. The molecule has 9 nitrogen and oxygen atoms in total. The van der Waals surface area contributed by atoms with Gasteiger partial charge in [-0.05, 0) is 49.6 Å². The van der Waals surface area contributed by atoms with Gasteiger partial charge < -0.3 is 15.0 Å². The number of nitrogens with one attached hydrogen (secondary N) is 2. The molecule has 4 heterocycles. The van der Waals surface area contributed by atoms with Gasteiger partial charge in [-0.2, -0.15) is 5.10 Å². The summed E-state index contributed by atoms with van der Waals surface area (Å²) < 4.78 is 28.9. The molecular formula is C28H28F2N8O. The van der Waals surface area contributed by atoms with Crippen molar-refractivity contribution >= 4 is 17.7 Å². The summed E-state index contributed by atoms with van der Waals surface area (Å²) in [5.41, 5.74) is 2.71. The van der Waals surface area contributed by atoms with Crippen molar-refractivity contribution in [2.45, 2.75) is 32.4 Å². The van der Waals surface area contributed by atoms with Crippen molar-refractivity contribution < 1.29 is 13.9 Å². The van der Waals surface area contributed by atoms with E-state index in [0.717, 1.165) is 47.4 Å². The van der Waals surface area contributed by atoms with Crippen LogP contribution in [0.4, 0.5) is 8.78 Å².